The molecule has 8 heteroatoms. The molecule has 0 aliphatic heterocycles. The fourth-order valence-electron chi connectivity index (χ4n) is 3.91. The summed E-state index contributed by atoms with van der Waals surface area (Å²) in [6.07, 6.45) is 5.07. The Morgan fingerprint density at radius 3 is 2.65 bits per heavy atom. The lowest BCUT2D eigenvalue weighted by Gasteiger charge is -2.08. The third-order valence-corrected chi connectivity index (χ3v) is 5.54. The molecule has 0 fully saturated rings. The predicted octanol–water partition coefficient (Wildman–Crippen LogP) is 4.31. The first-order chi connectivity index (χ1) is 16.5. The van der Waals surface area contributed by atoms with Crippen LogP contribution in [0.3, 0.4) is 0 Å². The first kappa shape index (κ1) is 21.3. The molecule has 0 unspecified atom stereocenters. The van der Waals surface area contributed by atoms with E-state index in [0.29, 0.717) is 39.2 Å². The second kappa shape index (κ2) is 8.74. The molecule has 2 N–H and O–H groups in total. The van der Waals surface area contributed by atoms with Gasteiger partial charge in [0.05, 0.1) is 28.7 Å². The van der Waals surface area contributed by atoms with Crippen LogP contribution in [0.5, 0.6) is 0 Å². The third kappa shape index (κ3) is 4.09. The number of carbonyl (C=O) groups excluding carboxylic acids is 1. The Morgan fingerprint density at radius 1 is 1.06 bits per heavy atom. The van der Waals surface area contributed by atoms with Crippen molar-refractivity contribution in [2.45, 2.75) is 6.42 Å². The van der Waals surface area contributed by atoms with E-state index >= 15 is 0 Å². The van der Waals surface area contributed by atoms with E-state index in [1.165, 1.54) is 16.7 Å². The summed E-state index contributed by atoms with van der Waals surface area (Å²) >= 11 is 0. The highest BCUT2D eigenvalue weighted by Gasteiger charge is 2.19. The van der Waals surface area contributed by atoms with Crippen molar-refractivity contribution in [1.29, 1.82) is 0 Å². The van der Waals surface area contributed by atoms with Gasteiger partial charge in [-0.15, -0.1) is 0 Å². The van der Waals surface area contributed by atoms with Crippen LogP contribution < -0.4 is 10.9 Å². The first-order valence-corrected chi connectivity index (χ1v) is 10.6. The van der Waals surface area contributed by atoms with E-state index in [2.05, 4.69) is 20.3 Å². The standard InChI is InChI=1S/C26H20FN5O2/c1-32-13-10-20-24(26(32)34)23(19-4-2-3-11-28-19)25(30-20)17-9-12-29-21(15-17)31-22(33)14-16-5-7-18(27)8-6-16/h2-13,15,30H,14H2,1H3,(H,29,31,33). The number of aryl methyl sites for hydroxylation is 1. The van der Waals surface area contributed by atoms with Crippen molar-refractivity contribution in [2.75, 3.05) is 5.32 Å². The van der Waals surface area contributed by atoms with Gasteiger partial charge in [-0.1, -0.05) is 18.2 Å². The van der Waals surface area contributed by atoms with Gasteiger partial charge in [0.25, 0.3) is 5.56 Å². The highest BCUT2D eigenvalue weighted by molar-refractivity contribution is 6.03. The first-order valence-electron chi connectivity index (χ1n) is 10.6. The number of hydrogen-bond donors (Lipinski definition) is 2. The summed E-state index contributed by atoms with van der Waals surface area (Å²) in [4.78, 5) is 37.6. The summed E-state index contributed by atoms with van der Waals surface area (Å²) in [6.45, 7) is 0. The van der Waals surface area contributed by atoms with Crippen molar-refractivity contribution in [1.82, 2.24) is 19.5 Å². The number of amides is 1. The second-order valence-electron chi connectivity index (χ2n) is 7.89. The number of benzene rings is 1. The number of aromatic amines is 1. The average molecular weight is 453 g/mol. The van der Waals surface area contributed by atoms with Gasteiger partial charge in [-0.3, -0.25) is 14.6 Å². The molecule has 0 spiro atoms. The lowest BCUT2D eigenvalue weighted by Crippen LogP contribution is -2.15. The number of hydrogen-bond acceptors (Lipinski definition) is 4. The molecule has 0 saturated heterocycles. The van der Waals surface area contributed by atoms with E-state index in [9.17, 15) is 14.0 Å². The molecule has 0 bridgehead atoms. The summed E-state index contributed by atoms with van der Waals surface area (Å²) in [5.74, 6) is -0.259. The average Bonchev–Trinajstić information content (AvgIpc) is 3.24. The van der Waals surface area contributed by atoms with E-state index in [1.807, 2.05) is 24.3 Å². The highest BCUT2D eigenvalue weighted by Crippen LogP contribution is 2.36. The minimum atomic E-state index is -0.351. The molecule has 34 heavy (non-hydrogen) atoms. The predicted molar refractivity (Wildman–Crippen MR) is 129 cm³/mol. The van der Waals surface area contributed by atoms with Gasteiger partial charge in [0, 0.05) is 36.8 Å². The number of rotatable bonds is 5. The van der Waals surface area contributed by atoms with Crippen molar-refractivity contribution in [3.63, 3.8) is 0 Å². The summed E-state index contributed by atoms with van der Waals surface area (Å²) in [6, 6.07) is 16.7. The number of carbonyl (C=O) groups is 1. The van der Waals surface area contributed by atoms with Crippen LogP contribution in [0.4, 0.5) is 10.2 Å². The molecule has 0 saturated carbocycles. The molecule has 0 aliphatic rings. The van der Waals surface area contributed by atoms with Gasteiger partial charge >= 0.3 is 0 Å². The Bertz CT molecular complexity index is 1560. The Morgan fingerprint density at radius 2 is 1.88 bits per heavy atom. The number of pyridine rings is 3. The maximum atomic E-state index is 13.1. The number of nitrogens with zero attached hydrogens (tertiary/aromatic N) is 3. The van der Waals surface area contributed by atoms with Crippen LogP contribution in [0.2, 0.25) is 0 Å². The maximum Gasteiger partial charge on any atom is 0.260 e. The van der Waals surface area contributed by atoms with Crippen molar-refractivity contribution >= 4 is 22.6 Å². The normalized spacial score (nSPS) is 11.0. The van der Waals surface area contributed by atoms with Gasteiger partial charge in [0.1, 0.15) is 11.6 Å². The van der Waals surface area contributed by atoms with Crippen LogP contribution in [-0.2, 0) is 18.3 Å². The van der Waals surface area contributed by atoms with E-state index in [-0.39, 0.29) is 23.7 Å². The van der Waals surface area contributed by atoms with Crippen LogP contribution in [-0.4, -0.2) is 25.4 Å². The zero-order valence-corrected chi connectivity index (χ0v) is 18.2. The van der Waals surface area contributed by atoms with Crippen molar-refractivity contribution in [3.05, 3.63) is 101 Å². The maximum absolute atomic E-state index is 13.1. The van der Waals surface area contributed by atoms with E-state index in [0.717, 1.165) is 5.56 Å². The van der Waals surface area contributed by atoms with Crippen molar-refractivity contribution < 1.29 is 9.18 Å². The van der Waals surface area contributed by atoms with E-state index in [1.54, 1.807) is 49.9 Å². The van der Waals surface area contributed by atoms with Crippen LogP contribution in [0.25, 0.3) is 33.4 Å². The van der Waals surface area contributed by atoms with Gasteiger partial charge < -0.3 is 14.9 Å². The van der Waals surface area contributed by atoms with Crippen LogP contribution >= 0.6 is 0 Å². The summed E-state index contributed by atoms with van der Waals surface area (Å²) in [5, 5.41) is 3.33. The largest absolute Gasteiger partial charge is 0.354 e. The van der Waals surface area contributed by atoms with Crippen LogP contribution in [0.1, 0.15) is 5.56 Å². The lowest BCUT2D eigenvalue weighted by molar-refractivity contribution is -0.115. The second-order valence-corrected chi connectivity index (χ2v) is 7.89. The summed E-state index contributed by atoms with van der Waals surface area (Å²) in [7, 11) is 1.71. The van der Waals surface area contributed by atoms with E-state index < -0.39 is 0 Å². The fourth-order valence-corrected chi connectivity index (χ4v) is 3.91. The van der Waals surface area contributed by atoms with Crippen LogP contribution in [0.15, 0.2) is 84.0 Å². The molecule has 4 aromatic heterocycles. The zero-order valence-electron chi connectivity index (χ0n) is 18.2. The van der Waals surface area contributed by atoms with Crippen molar-refractivity contribution in [3.8, 4) is 22.5 Å². The smallest absolute Gasteiger partial charge is 0.260 e. The van der Waals surface area contributed by atoms with Crippen LogP contribution in [0, 0.1) is 5.82 Å². The van der Waals surface area contributed by atoms with Crippen molar-refractivity contribution in [2.24, 2.45) is 7.05 Å². The molecule has 5 rings (SSSR count). The molecular formula is C26H20FN5O2. The molecule has 0 aliphatic carbocycles. The summed E-state index contributed by atoms with van der Waals surface area (Å²) < 4.78 is 14.6. The molecule has 4 heterocycles. The SMILES string of the molecule is Cn1ccc2[nH]c(-c3ccnc(NC(=O)Cc4ccc(F)cc4)c3)c(-c3ccccn3)c2c1=O. The number of H-pyrrole nitrogens is 1. The molecule has 5 aromatic rings. The molecule has 168 valence electrons. The van der Waals surface area contributed by atoms with Gasteiger partial charge in [-0.05, 0) is 48.0 Å². The Kier molecular flexibility index (Phi) is 5.47. The van der Waals surface area contributed by atoms with E-state index in [4.69, 9.17) is 0 Å². The topological polar surface area (TPSA) is 92.7 Å². The highest BCUT2D eigenvalue weighted by atomic mass is 19.1. The molecule has 1 amide bonds. The Hall–Kier alpha value is -4.59. The molecule has 1 aromatic carbocycles. The van der Waals surface area contributed by atoms with Gasteiger partial charge in [-0.25, -0.2) is 9.37 Å². The minimum Gasteiger partial charge on any atom is -0.354 e. The minimum absolute atomic E-state index is 0.0911. The molecule has 0 radical (unpaired) electrons. The molecule has 7 nitrogen and oxygen atoms in total. The summed E-state index contributed by atoms with van der Waals surface area (Å²) in [5.41, 5.74) is 4.04. The van der Waals surface area contributed by atoms with Gasteiger partial charge in [0.15, 0.2) is 0 Å². The van der Waals surface area contributed by atoms with Gasteiger partial charge in [0.2, 0.25) is 5.91 Å². The van der Waals surface area contributed by atoms with Gasteiger partial charge in [-0.2, -0.15) is 0 Å². The number of halogens is 1. The number of nitrogens with one attached hydrogen (secondary N) is 2. The monoisotopic (exact) mass is 453 g/mol. The number of aromatic nitrogens is 4. The number of anilines is 1. The quantitative estimate of drug-likeness (QED) is 0.415. The molecular weight excluding hydrogens is 433 g/mol. The lowest BCUT2D eigenvalue weighted by atomic mass is 10.0. The zero-order chi connectivity index (χ0) is 23.7. The third-order valence-electron chi connectivity index (χ3n) is 5.54. The fraction of sp³-hybridized carbons (Fsp3) is 0.0769. The Labute approximate surface area is 193 Å². The number of fused-ring (bicyclic) bond motifs is 1. The Balaban J connectivity index is 1.54. The molecule has 0 atom stereocenters.